The molecular weight excluding hydrogens is 456 g/mol. The molecule has 1 amide bonds. The molecule has 5 N–H and O–H groups in total. The van der Waals surface area contributed by atoms with Gasteiger partial charge in [-0.15, -0.1) is 5.10 Å². The number of hydrogen-bond acceptors (Lipinski definition) is 8. The Morgan fingerprint density at radius 2 is 1.86 bits per heavy atom. The van der Waals surface area contributed by atoms with Crippen molar-refractivity contribution in [2.24, 2.45) is 0 Å². The molecule has 0 bridgehead atoms. The van der Waals surface area contributed by atoms with E-state index in [-0.39, 0.29) is 11.9 Å². The Balaban J connectivity index is 1.18. The molecule has 0 saturated heterocycles. The van der Waals surface area contributed by atoms with Crippen molar-refractivity contribution >= 4 is 34.7 Å². The standard InChI is InChI=1S/C26H26N8O2/c1-33(22-16-23-30-24(21-9-5-15-36-21)32-34(23)26(28)31-22)14-4-6-17-10-12-18(13-11-17)25(35)29-20-8-3-2-7-19(20)27/h2-3,5,7-13,15-16H,4,6,14,27H2,1H3,(H2,28,31)(H,29,35). The van der Waals surface area contributed by atoms with Gasteiger partial charge in [-0.05, 0) is 54.8 Å². The molecule has 0 unspecified atom stereocenters. The Labute approximate surface area is 207 Å². The molecule has 0 radical (unpaired) electrons. The monoisotopic (exact) mass is 482 g/mol. The van der Waals surface area contributed by atoms with Crippen LogP contribution in [0, 0.1) is 0 Å². The van der Waals surface area contributed by atoms with Crippen molar-refractivity contribution in [1.29, 1.82) is 0 Å². The molecule has 3 aromatic heterocycles. The van der Waals surface area contributed by atoms with Crippen molar-refractivity contribution in [3.63, 3.8) is 0 Å². The third kappa shape index (κ3) is 4.83. The summed E-state index contributed by atoms with van der Waals surface area (Å²) in [7, 11) is 1.96. The number of benzene rings is 2. The minimum Gasteiger partial charge on any atom is -0.461 e. The van der Waals surface area contributed by atoms with E-state index < -0.39 is 0 Å². The van der Waals surface area contributed by atoms with Gasteiger partial charge in [0.1, 0.15) is 5.82 Å². The Morgan fingerprint density at radius 3 is 2.61 bits per heavy atom. The Kier molecular flexibility index (Phi) is 6.23. The summed E-state index contributed by atoms with van der Waals surface area (Å²) in [6, 6.07) is 20.2. The van der Waals surface area contributed by atoms with Crippen LogP contribution < -0.4 is 21.7 Å². The van der Waals surface area contributed by atoms with Crippen molar-refractivity contribution in [3.05, 3.63) is 84.1 Å². The Morgan fingerprint density at radius 1 is 1.06 bits per heavy atom. The van der Waals surface area contributed by atoms with Crippen LogP contribution in [0.3, 0.4) is 0 Å². The molecule has 182 valence electrons. The minimum atomic E-state index is -0.193. The lowest BCUT2D eigenvalue weighted by molar-refractivity contribution is 0.102. The molecule has 36 heavy (non-hydrogen) atoms. The zero-order chi connectivity index (χ0) is 25.1. The van der Waals surface area contributed by atoms with Crippen LogP contribution in [0.25, 0.3) is 17.2 Å². The molecule has 10 nitrogen and oxygen atoms in total. The zero-order valence-corrected chi connectivity index (χ0v) is 19.8. The van der Waals surface area contributed by atoms with Crippen LogP contribution >= 0.6 is 0 Å². The first-order valence-electron chi connectivity index (χ1n) is 11.5. The highest BCUT2D eigenvalue weighted by molar-refractivity contribution is 6.05. The van der Waals surface area contributed by atoms with Crippen LogP contribution in [0.1, 0.15) is 22.3 Å². The Bertz CT molecular complexity index is 1490. The number of aryl methyl sites for hydroxylation is 1. The molecule has 5 rings (SSSR count). The molecule has 2 aromatic carbocycles. The number of hydrogen-bond donors (Lipinski definition) is 3. The van der Waals surface area contributed by atoms with Gasteiger partial charge >= 0.3 is 0 Å². The number of fused-ring (bicyclic) bond motifs is 1. The lowest BCUT2D eigenvalue weighted by Gasteiger charge is -2.18. The molecule has 0 spiro atoms. The van der Waals surface area contributed by atoms with Crippen molar-refractivity contribution in [3.8, 4) is 11.6 Å². The van der Waals surface area contributed by atoms with Crippen molar-refractivity contribution < 1.29 is 9.21 Å². The van der Waals surface area contributed by atoms with Crippen LogP contribution in [0.2, 0.25) is 0 Å². The van der Waals surface area contributed by atoms with Crippen molar-refractivity contribution in [1.82, 2.24) is 19.6 Å². The molecule has 0 fully saturated rings. The highest BCUT2D eigenvalue weighted by Crippen LogP contribution is 2.21. The number of furan rings is 1. The van der Waals surface area contributed by atoms with Crippen LogP contribution in [0.4, 0.5) is 23.1 Å². The number of nitrogen functional groups attached to an aromatic ring is 2. The van der Waals surface area contributed by atoms with Gasteiger partial charge in [-0.2, -0.15) is 9.50 Å². The molecule has 10 heteroatoms. The lowest BCUT2D eigenvalue weighted by Crippen LogP contribution is -2.21. The predicted octanol–water partition coefficient (Wildman–Crippen LogP) is 3.87. The number of para-hydroxylation sites is 2. The van der Waals surface area contributed by atoms with Crippen LogP contribution in [0.15, 0.2) is 77.4 Å². The first-order chi connectivity index (χ1) is 17.5. The second kappa shape index (κ2) is 9.79. The normalized spacial score (nSPS) is 11.0. The molecule has 3 heterocycles. The van der Waals surface area contributed by atoms with Gasteiger partial charge in [-0.25, -0.2) is 4.98 Å². The molecule has 0 saturated carbocycles. The summed E-state index contributed by atoms with van der Waals surface area (Å²) >= 11 is 0. The van der Waals surface area contributed by atoms with Gasteiger partial charge in [0.05, 0.1) is 17.6 Å². The molecule has 0 atom stereocenters. The SMILES string of the molecule is CN(CCCc1ccc(C(=O)Nc2ccccc2N)cc1)c1cc2nc(-c3ccco3)nn2c(N)n1. The average molecular weight is 483 g/mol. The predicted molar refractivity (Wildman–Crippen MR) is 140 cm³/mol. The fourth-order valence-corrected chi connectivity index (χ4v) is 3.87. The quantitative estimate of drug-likeness (QED) is 0.283. The van der Waals surface area contributed by atoms with Crippen LogP contribution in [-0.4, -0.2) is 39.1 Å². The first kappa shape index (κ1) is 22.9. The number of amides is 1. The number of nitrogens with zero attached hydrogens (tertiary/aromatic N) is 5. The first-order valence-corrected chi connectivity index (χ1v) is 11.5. The van der Waals surface area contributed by atoms with E-state index in [4.69, 9.17) is 15.9 Å². The van der Waals surface area contributed by atoms with E-state index >= 15 is 0 Å². The van der Waals surface area contributed by atoms with Gasteiger partial charge < -0.3 is 26.1 Å². The smallest absolute Gasteiger partial charge is 0.255 e. The number of nitrogens with two attached hydrogens (primary N) is 2. The van der Waals surface area contributed by atoms with Crippen LogP contribution in [-0.2, 0) is 6.42 Å². The van der Waals surface area contributed by atoms with Gasteiger partial charge in [0.2, 0.25) is 11.8 Å². The zero-order valence-electron chi connectivity index (χ0n) is 19.8. The van der Waals surface area contributed by atoms with Gasteiger partial charge in [0, 0.05) is 25.2 Å². The third-order valence-corrected chi connectivity index (χ3v) is 5.85. The second-order valence-corrected chi connectivity index (χ2v) is 8.42. The van der Waals surface area contributed by atoms with Gasteiger partial charge in [0.15, 0.2) is 11.4 Å². The lowest BCUT2D eigenvalue weighted by atomic mass is 10.1. The van der Waals surface area contributed by atoms with Gasteiger partial charge in [-0.3, -0.25) is 4.79 Å². The van der Waals surface area contributed by atoms with Gasteiger partial charge in [0.25, 0.3) is 5.91 Å². The third-order valence-electron chi connectivity index (χ3n) is 5.85. The van der Waals surface area contributed by atoms with E-state index in [1.165, 1.54) is 4.52 Å². The topological polar surface area (TPSA) is 141 Å². The maximum absolute atomic E-state index is 12.5. The number of anilines is 4. The summed E-state index contributed by atoms with van der Waals surface area (Å²) in [5.41, 5.74) is 15.5. The number of carbonyl (C=O) groups excluding carboxylic acids is 1. The van der Waals surface area contributed by atoms with Crippen molar-refractivity contribution in [2.75, 3.05) is 35.3 Å². The molecule has 0 aliphatic rings. The molecule has 0 aliphatic heterocycles. The largest absolute Gasteiger partial charge is 0.461 e. The van der Waals surface area contributed by atoms with E-state index in [9.17, 15) is 4.79 Å². The summed E-state index contributed by atoms with van der Waals surface area (Å²) in [5, 5.41) is 7.22. The second-order valence-electron chi connectivity index (χ2n) is 8.42. The summed E-state index contributed by atoms with van der Waals surface area (Å²) in [6.07, 6.45) is 3.31. The summed E-state index contributed by atoms with van der Waals surface area (Å²) in [5.74, 6) is 1.80. The van der Waals surface area contributed by atoms with E-state index in [1.54, 1.807) is 30.5 Å². The highest BCUT2D eigenvalue weighted by atomic mass is 16.3. The average Bonchev–Trinajstić information content (AvgIpc) is 3.56. The maximum atomic E-state index is 12.5. The number of carbonyl (C=O) groups is 1. The summed E-state index contributed by atoms with van der Waals surface area (Å²) in [6.45, 7) is 0.761. The number of aromatic nitrogens is 4. The minimum absolute atomic E-state index is 0.193. The summed E-state index contributed by atoms with van der Waals surface area (Å²) in [4.78, 5) is 23.5. The number of rotatable bonds is 8. The van der Waals surface area contributed by atoms with E-state index in [0.29, 0.717) is 40.0 Å². The summed E-state index contributed by atoms with van der Waals surface area (Å²) < 4.78 is 6.88. The highest BCUT2D eigenvalue weighted by Gasteiger charge is 2.14. The van der Waals surface area contributed by atoms with Gasteiger partial charge in [-0.1, -0.05) is 24.3 Å². The molecule has 5 aromatic rings. The fourth-order valence-electron chi connectivity index (χ4n) is 3.87. The molecular formula is C26H26N8O2. The van der Waals surface area contributed by atoms with Crippen LogP contribution in [0.5, 0.6) is 0 Å². The molecule has 0 aliphatic carbocycles. The number of nitrogens with one attached hydrogen (secondary N) is 1. The van der Waals surface area contributed by atoms with E-state index in [0.717, 1.165) is 24.9 Å². The maximum Gasteiger partial charge on any atom is 0.255 e. The van der Waals surface area contributed by atoms with E-state index in [1.807, 2.05) is 54.4 Å². The van der Waals surface area contributed by atoms with E-state index in [2.05, 4.69) is 20.4 Å². The Hall–Kier alpha value is -4.86. The van der Waals surface area contributed by atoms with Crippen molar-refractivity contribution in [2.45, 2.75) is 12.8 Å². The fraction of sp³-hybridized carbons (Fsp3) is 0.154.